The fourth-order valence-electron chi connectivity index (χ4n) is 4.60. The SMILES string of the molecule is CCOC(=O)C1CCCN(C(=NC)NCC2(c3ccc(OCC)cc3)CCOCC2)C1.I. The molecule has 8 heteroatoms. The van der Waals surface area contributed by atoms with Crippen LogP contribution in [0.15, 0.2) is 29.3 Å². The minimum Gasteiger partial charge on any atom is -0.494 e. The van der Waals surface area contributed by atoms with Crippen LogP contribution in [0, 0.1) is 5.92 Å². The zero-order valence-electron chi connectivity index (χ0n) is 19.6. The average Bonchev–Trinajstić information content (AvgIpc) is 2.81. The van der Waals surface area contributed by atoms with Crippen LogP contribution in [0.25, 0.3) is 0 Å². The summed E-state index contributed by atoms with van der Waals surface area (Å²) in [6.07, 6.45) is 3.74. The molecule has 1 N–H and O–H groups in total. The highest BCUT2D eigenvalue weighted by Gasteiger charge is 2.36. The van der Waals surface area contributed by atoms with E-state index in [0.29, 0.717) is 19.8 Å². The van der Waals surface area contributed by atoms with Gasteiger partial charge in [0.05, 0.1) is 19.1 Å². The first-order valence-electron chi connectivity index (χ1n) is 11.5. The number of likely N-dealkylation sites (tertiary alicyclic amines) is 1. The first kappa shape index (κ1) is 26.7. The Hall–Kier alpha value is -1.55. The summed E-state index contributed by atoms with van der Waals surface area (Å²) in [6, 6.07) is 8.47. The molecule has 2 aliphatic heterocycles. The topological polar surface area (TPSA) is 72.4 Å². The maximum Gasteiger partial charge on any atom is 0.310 e. The van der Waals surface area contributed by atoms with Crippen molar-refractivity contribution in [3.05, 3.63) is 29.8 Å². The molecule has 0 saturated carbocycles. The number of piperidine rings is 1. The van der Waals surface area contributed by atoms with Gasteiger partial charge < -0.3 is 24.4 Å². The van der Waals surface area contributed by atoms with Crippen LogP contribution in [0.1, 0.15) is 45.1 Å². The highest BCUT2D eigenvalue weighted by Crippen LogP contribution is 2.35. The van der Waals surface area contributed by atoms with E-state index in [-0.39, 0.29) is 41.3 Å². The molecule has 2 aliphatic rings. The van der Waals surface area contributed by atoms with Gasteiger partial charge in [0, 0.05) is 45.3 Å². The summed E-state index contributed by atoms with van der Waals surface area (Å²) >= 11 is 0. The van der Waals surface area contributed by atoms with Crippen molar-refractivity contribution in [1.29, 1.82) is 0 Å². The first-order chi connectivity index (χ1) is 15.1. The van der Waals surface area contributed by atoms with Crippen LogP contribution < -0.4 is 10.1 Å². The van der Waals surface area contributed by atoms with Gasteiger partial charge in [0.1, 0.15) is 5.75 Å². The van der Waals surface area contributed by atoms with Gasteiger partial charge >= 0.3 is 5.97 Å². The standard InChI is InChI=1S/C24H37N3O4.HI/c1-4-30-21-10-8-20(9-11-21)24(12-15-29-16-13-24)18-26-23(25-3)27-14-6-7-19(17-27)22(28)31-5-2;/h8-11,19H,4-7,12-18H2,1-3H3,(H,25,26);1H. The zero-order valence-corrected chi connectivity index (χ0v) is 21.9. The Kier molecular flexibility index (Phi) is 11.0. The second kappa shape index (κ2) is 13.2. The van der Waals surface area contributed by atoms with E-state index in [1.807, 2.05) is 20.9 Å². The van der Waals surface area contributed by atoms with E-state index in [1.54, 1.807) is 0 Å². The van der Waals surface area contributed by atoms with Crippen molar-refractivity contribution in [2.75, 3.05) is 53.1 Å². The van der Waals surface area contributed by atoms with Gasteiger partial charge in [0.25, 0.3) is 0 Å². The number of benzene rings is 1. The number of guanidine groups is 1. The van der Waals surface area contributed by atoms with Gasteiger partial charge in [-0.05, 0) is 57.2 Å². The lowest BCUT2D eigenvalue weighted by Crippen LogP contribution is -2.52. The van der Waals surface area contributed by atoms with E-state index in [0.717, 1.165) is 63.7 Å². The Morgan fingerprint density at radius 3 is 2.56 bits per heavy atom. The average molecular weight is 559 g/mol. The molecule has 0 radical (unpaired) electrons. The second-order valence-electron chi connectivity index (χ2n) is 8.29. The number of aliphatic imine (C=N–C) groups is 1. The number of halogens is 1. The predicted octanol–water partition coefficient (Wildman–Crippen LogP) is 3.60. The van der Waals surface area contributed by atoms with Crippen LogP contribution in [-0.2, 0) is 19.7 Å². The summed E-state index contributed by atoms with van der Waals surface area (Å²) in [6.45, 7) is 8.77. The monoisotopic (exact) mass is 559 g/mol. The molecule has 1 unspecified atom stereocenters. The number of nitrogens with one attached hydrogen (secondary N) is 1. The quantitative estimate of drug-likeness (QED) is 0.238. The lowest BCUT2D eigenvalue weighted by atomic mass is 9.74. The van der Waals surface area contributed by atoms with Gasteiger partial charge in [0.15, 0.2) is 5.96 Å². The van der Waals surface area contributed by atoms with Gasteiger partial charge in [-0.2, -0.15) is 0 Å². The number of carbonyl (C=O) groups is 1. The smallest absolute Gasteiger partial charge is 0.310 e. The fourth-order valence-corrected chi connectivity index (χ4v) is 4.60. The van der Waals surface area contributed by atoms with Crippen molar-refractivity contribution in [1.82, 2.24) is 10.2 Å². The predicted molar refractivity (Wildman–Crippen MR) is 137 cm³/mol. The molecule has 0 aliphatic carbocycles. The molecule has 180 valence electrons. The van der Waals surface area contributed by atoms with Gasteiger partial charge in [-0.1, -0.05) is 12.1 Å². The highest BCUT2D eigenvalue weighted by atomic mass is 127. The molecule has 0 aromatic heterocycles. The normalized spacial score (nSPS) is 20.8. The molecule has 0 bridgehead atoms. The van der Waals surface area contributed by atoms with Crippen molar-refractivity contribution < 1.29 is 19.0 Å². The molecular formula is C24H38IN3O4. The Balaban J connectivity index is 0.00000363. The van der Waals surface area contributed by atoms with E-state index in [9.17, 15) is 4.79 Å². The van der Waals surface area contributed by atoms with Crippen LogP contribution in [-0.4, -0.2) is 69.9 Å². The number of hydrogen-bond donors (Lipinski definition) is 1. The third-order valence-electron chi connectivity index (χ3n) is 6.37. The van der Waals surface area contributed by atoms with Gasteiger partial charge in [-0.3, -0.25) is 9.79 Å². The van der Waals surface area contributed by atoms with Crippen LogP contribution in [0.4, 0.5) is 0 Å². The third kappa shape index (κ3) is 6.73. The Labute approximate surface area is 209 Å². The van der Waals surface area contributed by atoms with Crippen molar-refractivity contribution >= 4 is 35.9 Å². The molecule has 0 amide bonds. The summed E-state index contributed by atoms with van der Waals surface area (Å²) in [4.78, 5) is 19.0. The van der Waals surface area contributed by atoms with Crippen LogP contribution in [0.5, 0.6) is 5.75 Å². The van der Waals surface area contributed by atoms with E-state index in [1.165, 1.54) is 5.56 Å². The van der Waals surface area contributed by atoms with E-state index in [2.05, 4.69) is 39.5 Å². The fraction of sp³-hybridized carbons (Fsp3) is 0.667. The maximum atomic E-state index is 12.2. The summed E-state index contributed by atoms with van der Waals surface area (Å²) in [7, 11) is 1.81. The zero-order chi connectivity index (χ0) is 22.1. The van der Waals surface area contributed by atoms with Gasteiger partial charge in [-0.25, -0.2) is 0 Å². The summed E-state index contributed by atoms with van der Waals surface area (Å²) in [5, 5.41) is 3.62. The van der Waals surface area contributed by atoms with Crippen LogP contribution >= 0.6 is 24.0 Å². The van der Waals surface area contributed by atoms with Crippen LogP contribution in [0.2, 0.25) is 0 Å². The summed E-state index contributed by atoms with van der Waals surface area (Å²) in [5.74, 6) is 1.56. The minimum atomic E-state index is -0.0991. The van der Waals surface area contributed by atoms with Crippen molar-refractivity contribution in [3.63, 3.8) is 0 Å². The number of nitrogens with zero attached hydrogens (tertiary/aromatic N) is 2. The Morgan fingerprint density at radius 1 is 1.22 bits per heavy atom. The molecule has 0 spiro atoms. The van der Waals surface area contributed by atoms with Crippen molar-refractivity contribution in [2.45, 2.75) is 44.9 Å². The van der Waals surface area contributed by atoms with Crippen molar-refractivity contribution in [3.8, 4) is 5.75 Å². The number of hydrogen-bond acceptors (Lipinski definition) is 5. The van der Waals surface area contributed by atoms with Gasteiger partial charge in [0.2, 0.25) is 0 Å². The molecule has 7 nitrogen and oxygen atoms in total. The number of carbonyl (C=O) groups excluding carboxylic acids is 1. The molecular weight excluding hydrogens is 521 g/mol. The lowest BCUT2D eigenvalue weighted by molar-refractivity contribution is -0.149. The Morgan fingerprint density at radius 2 is 1.94 bits per heavy atom. The highest BCUT2D eigenvalue weighted by molar-refractivity contribution is 14.0. The first-order valence-corrected chi connectivity index (χ1v) is 11.5. The van der Waals surface area contributed by atoms with Gasteiger partial charge in [-0.15, -0.1) is 24.0 Å². The second-order valence-corrected chi connectivity index (χ2v) is 8.29. The summed E-state index contributed by atoms with van der Waals surface area (Å²) < 4.78 is 16.5. The molecule has 2 heterocycles. The number of ether oxygens (including phenoxy) is 3. The van der Waals surface area contributed by atoms with E-state index >= 15 is 0 Å². The minimum absolute atomic E-state index is 0. The third-order valence-corrected chi connectivity index (χ3v) is 6.37. The van der Waals surface area contributed by atoms with Crippen LogP contribution in [0.3, 0.4) is 0 Å². The number of esters is 1. The van der Waals surface area contributed by atoms with E-state index < -0.39 is 0 Å². The lowest BCUT2D eigenvalue weighted by Gasteiger charge is -2.40. The van der Waals surface area contributed by atoms with Crippen molar-refractivity contribution in [2.24, 2.45) is 10.9 Å². The molecule has 2 saturated heterocycles. The molecule has 32 heavy (non-hydrogen) atoms. The molecule has 1 aromatic rings. The summed E-state index contributed by atoms with van der Waals surface area (Å²) in [5.41, 5.74) is 1.28. The molecule has 1 aromatic carbocycles. The number of rotatable bonds is 7. The molecule has 2 fully saturated rings. The maximum absolute atomic E-state index is 12.2. The molecule has 1 atom stereocenters. The Bertz CT molecular complexity index is 735. The largest absolute Gasteiger partial charge is 0.494 e. The molecule has 3 rings (SSSR count). The van der Waals surface area contributed by atoms with E-state index in [4.69, 9.17) is 14.2 Å².